The number of aryl methyl sites for hydroxylation is 1. The summed E-state index contributed by atoms with van der Waals surface area (Å²) in [7, 11) is 0. The molecule has 2 heterocycles. The first-order chi connectivity index (χ1) is 9.86. The third-order valence-electron chi connectivity index (χ3n) is 4.21. The fourth-order valence-corrected chi connectivity index (χ4v) is 3.15. The highest BCUT2D eigenvalue weighted by atomic mass is 15.2. The van der Waals surface area contributed by atoms with Crippen molar-refractivity contribution in [1.82, 2.24) is 15.5 Å². The molecule has 1 aromatic carbocycles. The molecule has 0 amide bonds. The first kappa shape index (κ1) is 13.4. The summed E-state index contributed by atoms with van der Waals surface area (Å²) in [5.41, 5.74) is 2.81. The Bertz CT molecular complexity index is 501. The molecule has 0 aliphatic carbocycles. The van der Waals surface area contributed by atoms with Crippen LogP contribution in [0.5, 0.6) is 0 Å². The number of nitrogens with one attached hydrogen (secondary N) is 2. The quantitative estimate of drug-likeness (QED) is 0.878. The Balaban J connectivity index is 1.92. The maximum Gasteiger partial charge on any atom is 0.0639 e. The summed E-state index contributed by atoms with van der Waals surface area (Å²) >= 11 is 0. The lowest BCUT2D eigenvalue weighted by Crippen LogP contribution is -2.50. The second kappa shape index (κ2) is 6.25. The molecule has 2 unspecified atom stereocenters. The number of rotatable bonds is 3. The van der Waals surface area contributed by atoms with Gasteiger partial charge in [-0.25, -0.2) is 0 Å². The van der Waals surface area contributed by atoms with Gasteiger partial charge >= 0.3 is 0 Å². The number of dihydropyridines is 1. The molecular formula is C17H23N3. The molecule has 1 aromatic rings. The van der Waals surface area contributed by atoms with E-state index in [9.17, 15) is 0 Å². The number of nitrogens with zero attached hydrogens (tertiary/aromatic N) is 1. The largest absolute Gasteiger partial charge is 0.383 e. The molecule has 2 atom stereocenters. The van der Waals surface area contributed by atoms with Crippen LogP contribution in [0.15, 0.2) is 48.7 Å². The van der Waals surface area contributed by atoms with Gasteiger partial charge in [0.25, 0.3) is 0 Å². The summed E-state index contributed by atoms with van der Waals surface area (Å²) in [5.74, 6) is 0. The Morgan fingerprint density at radius 3 is 2.65 bits per heavy atom. The van der Waals surface area contributed by atoms with Crippen molar-refractivity contribution in [2.75, 3.05) is 26.2 Å². The van der Waals surface area contributed by atoms with Gasteiger partial charge < -0.3 is 10.6 Å². The van der Waals surface area contributed by atoms with Crippen molar-refractivity contribution in [2.45, 2.75) is 19.0 Å². The molecular weight excluding hydrogens is 246 g/mol. The minimum atomic E-state index is 0.346. The Labute approximate surface area is 121 Å². The second-order valence-corrected chi connectivity index (χ2v) is 5.52. The van der Waals surface area contributed by atoms with E-state index in [2.05, 4.69) is 71.2 Å². The Morgan fingerprint density at radius 1 is 1.15 bits per heavy atom. The van der Waals surface area contributed by atoms with Crippen molar-refractivity contribution in [3.8, 4) is 0 Å². The van der Waals surface area contributed by atoms with Crippen molar-refractivity contribution in [3.05, 3.63) is 59.8 Å². The van der Waals surface area contributed by atoms with Gasteiger partial charge in [-0.2, -0.15) is 0 Å². The van der Waals surface area contributed by atoms with Crippen LogP contribution >= 0.6 is 0 Å². The van der Waals surface area contributed by atoms with Gasteiger partial charge in [0.15, 0.2) is 0 Å². The predicted octanol–water partition coefficient (Wildman–Crippen LogP) is 1.98. The molecule has 0 aromatic heterocycles. The molecule has 3 rings (SSSR count). The molecule has 2 aliphatic heterocycles. The van der Waals surface area contributed by atoms with Crippen LogP contribution in [0.25, 0.3) is 0 Å². The van der Waals surface area contributed by atoms with Crippen LogP contribution in [-0.4, -0.2) is 37.1 Å². The highest BCUT2D eigenvalue weighted by molar-refractivity contribution is 5.32. The predicted molar refractivity (Wildman–Crippen MR) is 83.6 cm³/mol. The molecule has 0 saturated carbocycles. The third-order valence-corrected chi connectivity index (χ3v) is 4.21. The third kappa shape index (κ3) is 2.79. The van der Waals surface area contributed by atoms with Gasteiger partial charge in [0.1, 0.15) is 0 Å². The van der Waals surface area contributed by atoms with Gasteiger partial charge in [0, 0.05) is 26.2 Å². The first-order valence-corrected chi connectivity index (χ1v) is 7.46. The van der Waals surface area contributed by atoms with E-state index in [0.717, 1.165) is 26.2 Å². The number of allylic oxidation sites excluding steroid dienone is 2. The van der Waals surface area contributed by atoms with Crippen molar-refractivity contribution in [3.63, 3.8) is 0 Å². The van der Waals surface area contributed by atoms with Crippen LogP contribution in [0, 0.1) is 6.92 Å². The summed E-state index contributed by atoms with van der Waals surface area (Å²) < 4.78 is 0. The summed E-state index contributed by atoms with van der Waals surface area (Å²) in [6.07, 6.45) is 8.54. The molecule has 20 heavy (non-hydrogen) atoms. The highest BCUT2D eigenvalue weighted by Gasteiger charge is 2.29. The van der Waals surface area contributed by atoms with Gasteiger partial charge in [-0.15, -0.1) is 0 Å². The zero-order chi connectivity index (χ0) is 13.8. The normalized spacial score (nSPS) is 24.4. The lowest BCUT2D eigenvalue weighted by Gasteiger charge is -2.40. The van der Waals surface area contributed by atoms with Crippen molar-refractivity contribution in [2.24, 2.45) is 0 Å². The molecule has 106 valence electrons. The number of hydrogen-bond acceptors (Lipinski definition) is 3. The minimum Gasteiger partial charge on any atom is -0.383 e. The minimum absolute atomic E-state index is 0.346. The maximum atomic E-state index is 3.51. The van der Waals surface area contributed by atoms with Crippen LogP contribution in [0.3, 0.4) is 0 Å². The lowest BCUT2D eigenvalue weighted by atomic mass is 9.92. The second-order valence-electron chi connectivity index (χ2n) is 5.52. The van der Waals surface area contributed by atoms with Crippen molar-refractivity contribution >= 4 is 0 Å². The maximum absolute atomic E-state index is 3.51. The molecule has 0 bridgehead atoms. The molecule has 0 radical (unpaired) electrons. The van der Waals surface area contributed by atoms with Gasteiger partial charge in [-0.1, -0.05) is 36.4 Å². The molecule has 1 fully saturated rings. The van der Waals surface area contributed by atoms with E-state index in [1.165, 1.54) is 11.1 Å². The number of benzene rings is 1. The van der Waals surface area contributed by atoms with E-state index in [-0.39, 0.29) is 0 Å². The molecule has 2 N–H and O–H groups in total. The molecule has 1 saturated heterocycles. The van der Waals surface area contributed by atoms with Crippen molar-refractivity contribution in [1.29, 1.82) is 0 Å². The topological polar surface area (TPSA) is 27.3 Å². The fraction of sp³-hybridized carbons (Fsp3) is 0.412. The summed E-state index contributed by atoms with van der Waals surface area (Å²) in [6, 6.07) is 9.51. The number of piperazine rings is 1. The van der Waals surface area contributed by atoms with E-state index < -0.39 is 0 Å². The SMILES string of the molecule is Cc1ccccc1C(C1C=CC=CN1)N1CCNCC1. The smallest absolute Gasteiger partial charge is 0.0639 e. The van der Waals surface area contributed by atoms with E-state index in [1.54, 1.807) is 0 Å². The first-order valence-electron chi connectivity index (χ1n) is 7.46. The molecule has 3 nitrogen and oxygen atoms in total. The summed E-state index contributed by atoms with van der Waals surface area (Å²) in [4.78, 5) is 2.60. The van der Waals surface area contributed by atoms with Crippen LogP contribution < -0.4 is 10.6 Å². The monoisotopic (exact) mass is 269 g/mol. The standard InChI is InChI=1S/C17H23N3/c1-14-6-2-3-7-15(14)17(16-8-4-5-9-19-16)20-12-10-18-11-13-20/h2-9,16-19H,10-13H2,1H3. The van der Waals surface area contributed by atoms with Gasteiger partial charge in [-0.3, -0.25) is 4.90 Å². The zero-order valence-corrected chi connectivity index (χ0v) is 12.0. The summed E-state index contributed by atoms with van der Waals surface area (Å²) in [5, 5.41) is 6.96. The molecule has 3 heteroatoms. The van der Waals surface area contributed by atoms with Gasteiger partial charge in [0.2, 0.25) is 0 Å². The number of hydrogen-bond donors (Lipinski definition) is 2. The van der Waals surface area contributed by atoms with Crippen LogP contribution in [0.4, 0.5) is 0 Å². The summed E-state index contributed by atoms with van der Waals surface area (Å²) in [6.45, 7) is 6.58. The fourth-order valence-electron chi connectivity index (χ4n) is 3.15. The molecule has 2 aliphatic rings. The van der Waals surface area contributed by atoms with Crippen LogP contribution in [0.1, 0.15) is 17.2 Å². The van der Waals surface area contributed by atoms with Crippen LogP contribution in [0.2, 0.25) is 0 Å². The lowest BCUT2D eigenvalue weighted by molar-refractivity contribution is 0.155. The van der Waals surface area contributed by atoms with E-state index >= 15 is 0 Å². The van der Waals surface area contributed by atoms with Crippen LogP contribution in [-0.2, 0) is 0 Å². The van der Waals surface area contributed by atoms with Gasteiger partial charge in [-0.05, 0) is 30.3 Å². The average Bonchev–Trinajstić information content (AvgIpc) is 2.52. The highest BCUT2D eigenvalue weighted by Crippen LogP contribution is 2.29. The van der Waals surface area contributed by atoms with E-state index in [4.69, 9.17) is 0 Å². The van der Waals surface area contributed by atoms with E-state index in [0.29, 0.717) is 12.1 Å². The Kier molecular flexibility index (Phi) is 4.19. The van der Waals surface area contributed by atoms with E-state index in [1.807, 2.05) is 0 Å². The Morgan fingerprint density at radius 2 is 1.95 bits per heavy atom. The average molecular weight is 269 g/mol. The molecule has 0 spiro atoms. The Hall–Kier alpha value is -1.58. The van der Waals surface area contributed by atoms with Crippen molar-refractivity contribution < 1.29 is 0 Å². The van der Waals surface area contributed by atoms with Gasteiger partial charge in [0.05, 0.1) is 12.1 Å². The zero-order valence-electron chi connectivity index (χ0n) is 12.0.